The van der Waals surface area contributed by atoms with Gasteiger partial charge in [-0.15, -0.1) is 0 Å². The van der Waals surface area contributed by atoms with Gasteiger partial charge in [0.2, 0.25) is 19.7 Å². The maximum atomic E-state index is 12.9. The summed E-state index contributed by atoms with van der Waals surface area (Å²) in [7, 11) is -11.3. The molecule has 0 aliphatic carbocycles. The third-order valence-corrected chi connectivity index (χ3v) is 12.7. The lowest BCUT2D eigenvalue weighted by Crippen LogP contribution is -2.13. The van der Waals surface area contributed by atoms with Crippen LogP contribution < -0.4 is 15.2 Å². The molecule has 2 aromatic heterocycles. The monoisotopic (exact) mass is 789 g/mol. The van der Waals surface area contributed by atoms with Gasteiger partial charge in [-0.1, -0.05) is 54.1 Å². The van der Waals surface area contributed by atoms with Crippen molar-refractivity contribution in [1.29, 1.82) is 0 Å². The molecule has 7 rings (SSSR count). The number of aryl methyl sites for hydroxylation is 1. The maximum Gasteiger partial charge on any atom is 0.297 e. The molecule has 0 aliphatic heterocycles. The van der Waals surface area contributed by atoms with Gasteiger partial charge in [-0.25, -0.2) is 16.8 Å². The minimum absolute atomic E-state index is 0.0395. The summed E-state index contributed by atoms with van der Waals surface area (Å²) in [6.45, 7) is 2.37. The minimum atomic E-state index is -3.89. The Morgan fingerprint density at radius 1 is 0.556 bits per heavy atom. The fraction of sp³-hybridized carbons (Fsp3) is 0.135. The zero-order valence-corrected chi connectivity index (χ0v) is 31.2. The van der Waals surface area contributed by atoms with E-state index in [4.69, 9.17) is 19.4 Å². The number of H-pyrrole nitrogens is 2. The van der Waals surface area contributed by atoms with Crippen LogP contribution in [0.4, 0.5) is 0 Å². The summed E-state index contributed by atoms with van der Waals surface area (Å²) >= 11 is 0. The fourth-order valence-corrected chi connectivity index (χ4v) is 8.84. The SMILES string of the molecule is Cc1ccc(S(=O)(=O)OCCOc2ccc3n[nH]c(S(=O)(=O)c4ccccc4)c3c2)cc1.NCCOc1ccc2n[nH]c(S(=O)(=O)c3ccccc3)c2c1. The maximum absolute atomic E-state index is 12.9. The van der Waals surface area contributed by atoms with Crippen molar-refractivity contribution in [2.75, 3.05) is 26.4 Å². The van der Waals surface area contributed by atoms with Crippen molar-refractivity contribution in [3.05, 3.63) is 127 Å². The summed E-state index contributed by atoms with van der Waals surface area (Å²) in [5, 5.41) is 14.2. The van der Waals surface area contributed by atoms with Crippen LogP contribution in [-0.4, -0.2) is 72.0 Å². The number of rotatable bonds is 13. The van der Waals surface area contributed by atoms with Crippen LogP contribution in [-0.2, 0) is 34.0 Å². The Balaban J connectivity index is 0.000000197. The van der Waals surface area contributed by atoms with Crippen LogP contribution in [0.3, 0.4) is 0 Å². The number of fused-ring (bicyclic) bond motifs is 2. The summed E-state index contributed by atoms with van der Waals surface area (Å²) in [6.07, 6.45) is 0. The van der Waals surface area contributed by atoms with E-state index < -0.39 is 29.8 Å². The molecule has 14 nitrogen and oxygen atoms in total. The normalized spacial score (nSPS) is 12.0. The molecule has 0 amide bonds. The van der Waals surface area contributed by atoms with Crippen molar-refractivity contribution in [2.45, 2.75) is 31.7 Å². The Labute approximate surface area is 311 Å². The second-order valence-electron chi connectivity index (χ2n) is 11.7. The molecule has 0 radical (unpaired) electrons. The summed E-state index contributed by atoms with van der Waals surface area (Å²) < 4.78 is 91.8. The van der Waals surface area contributed by atoms with E-state index in [1.54, 1.807) is 97.1 Å². The smallest absolute Gasteiger partial charge is 0.297 e. The lowest BCUT2D eigenvalue weighted by atomic mass is 10.2. The largest absolute Gasteiger partial charge is 0.492 e. The van der Waals surface area contributed by atoms with Crippen molar-refractivity contribution in [3.63, 3.8) is 0 Å². The first kappa shape index (κ1) is 38.1. The van der Waals surface area contributed by atoms with E-state index >= 15 is 0 Å². The molecular weight excluding hydrogens is 755 g/mol. The molecule has 0 saturated carbocycles. The molecule has 54 heavy (non-hydrogen) atoms. The van der Waals surface area contributed by atoms with Crippen molar-refractivity contribution in [2.24, 2.45) is 5.73 Å². The Bertz CT molecular complexity index is 2700. The van der Waals surface area contributed by atoms with Crippen LogP contribution in [0, 0.1) is 6.92 Å². The number of benzene rings is 5. The predicted octanol–water partition coefficient (Wildman–Crippen LogP) is 5.22. The highest BCUT2D eigenvalue weighted by Gasteiger charge is 2.24. The first-order valence-electron chi connectivity index (χ1n) is 16.4. The Hall–Kier alpha value is -5.59. The molecule has 0 unspecified atom stereocenters. The summed E-state index contributed by atoms with van der Waals surface area (Å²) in [5.41, 5.74) is 7.37. The molecule has 0 atom stereocenters. The number of nitrogens with two attached hydrogens (primary N) is 1. The zero-order chi connectivity index (χ0) is 38.3. The van der Waals surface area contributed by atoms with Crippen LogP contribution in [0.25, 0.3) is 21.8 Å². The number of aromatic amines is 2. The van der Waals surface area contributed by atoms with Crippen molar-refractivity contribution < 1.29 is 38.9 Å². The van der Waals surface area contributed by atoms with E-state index in [0.29, 0.717) is 46.5 Å². The van der Waals surface area contributed by atoms with Gasteiger partial charge in [0.15, 0.2) is 10.1 Å². The molecule has 2 heterocycles. The molecule has 0 bridgehead atoms. The average molecular weight is 790 g/mol. The molecule has 4 N–H and O–H groups in total. The van der Waals surface area contributed by atoms with Gasteiger partial charge >= 0.3 is 0 Å². The van der Waals surface area contributed by atoms with Crippen LogP contribution in [0.1, 0.15) is 5.56 Å². The minimum Gasteiger partial charge on any atom is -0.492 e. The van der Waals surface area contributed by atoms with E-state index in [2.05, 4.69) is 20.4 Å². The highest BCUT2D eigenvalue weighted by atomic mass is 32.2. The average Bonchev–Trinajstić information content (AvgIpc) is 3.82. The predicted molar refractivity (Wildman–Crippen MR) is 200 cm³/mol. The lowest BCUT2D eigenvalue weighted by molar-refractivity contribution is 0.221. The zero-order valence-electron chi connectivity index (χ0n) is 28.7. The molecule has 5 aromatic carbocycles. The van der Waals surface area contributed by atoms with Gasteiger partial charge in [0.25, 0.3) is 10.1 Å². The van der Waals surface area contributed by atoms with Gasteiger partial charge in [0.1, 0.15) is 31.3 Å². The van der Waals surface area contributed by atoms with E-state index in [1.165, 1.54) is 24.3 Å². The van der Waals surface area contributed by atoms with Crippen LogP contribution >= 0.6 is 0 Å². The van der Waals surface area contributed by atoms with Gasteiger partial charge in [0, 0.05) is 17.3 Å². The number of sulfone groups is 2. The quantitative estimate of drug-likeness (QED) is 0.101. The number of nitrogens with one attached hydrogen (secondary N) is 2. The Morgan fingerprint density at radius 3 is 1.48 bits per heavy atom. The number of aromatic nitrogens is 4. The molecule has 280 valence electrons. The molecule has 0 aliphatic rings. The molecular formula is C37H35N5O9S3. The molecule has 17 heteroatoms. The number of hydrogen-bond acceptors (Lipinski definition) is 12. The van der Waals surface area contributed by atoms with Crippen LogP contribution in [0.15, 0.2) is 146 Å². The summed E-state index contributed by atoms with van der Waals surface area (Å²) in [5.74, 6) is 0.920. The number of nitrogens with zero attached hydrogens (tertiary/aromatic N) is 2. The Kier molecular flexibility index (Phi) is 11.4. The topological polar surface area (TPSA) is 213 Å². The lowest BCUT2D eigenvalue weighted by Gasteiger charge is -2.08. The third-order valence-electron chi connectivity index (χ3n) is 7.91. The second kappa shape index (κ2) is 16.2. The fourth-order valence-electron chi connectivity index (χ4n) is 5.21. The Morgan fingerprint density at radius 2 is 1.02 bits per heavy atom. The number of hydrogen-bond donors (Lipinski definition) is 3. The van der Waals surface area contributed by atoms with E-state index in [-0.39, 0.29) is 38.0 Å². The number of ether oxygens (including phenoxy) is 2. The van der Waals surface area contributed by atoms with E-state index in [9.17, 15) is 25.3 Å². The standard InChI is InChI=1S/C22H20N2O6S2.C15H15N3O3S/c1-16-7-10-19(11-8-16)32(27,28)30-14-13-29-17-9-12-21-20(15-17)22(24-23-21)31(25,26)18-5-3-2-4-6-18;16-8-9-21-11-6-7-14-13(10-11)15(18-17-14)22(19,20)12-4-2-1-3-5-12/h2-12,15H,13-14H2,1H3,(H,23,24);1-7,10H,8-9,16H2,(H,17,18). The van der Waals surface area contributed by atoms with Crippen molar-refractivity contribution in [1.82, 2.24) is 20.4 Å². The first-order chi connectivity index (χ1) is 25.9. The van der Waals surface area contributed by atoms with Gasteiger partial charge in [-0.2, -0.15) is 18.6 Å². The molecule has 0 spiro atoms. The van der Waals surface area contributed by atoms with Crippen LogP contribution in [0.2, 0.25) is 0 Å². The van der Waals surface area contributed by atoms with E-state index in [0.717, 1.165) is 5.56 Å². The first-order valence-corrected chi connectivity index (χ1v) is 20.8. The third kappa shape index (κ3) is 8.45. The van der Waals surface area contributed by atoms with Crippen molar-refractivity contribution in [3.8, 4) is 11.5 Å². The summed E-state index contributed by atoms with van der Waals surface area (Å²) in [6, 6.07) is 32.5. The highest BCUT2D eigenvalue weighted by Crippen LogP contribution is 2.30. The van der Waals surface area contributed by atoms with Crippen molar-refractivity contribution >= 4 is 51.6 Å². The van der Waals surface area contributed by atoms with Gasteiger partial charge in [0.05, 0.1) is 25.7 Å². The molecule has 7 aromatic rings. The molecule has 0 fully saturated rings. The molecule has 0 saturated heterocycles. The summed E-state index contributed by atoms with van der Waals surface area (Å²) in [4.78, 5) is 0.430. The second-order valence-corrected chi connectivity index (χ2v) is 17.1. The van der Waals surface area contributed by atoms with Gasteiger partial charge in [-0.05, 0) is 79.7 Å². The van der Waals surface area contributed by atoms with Gasteiger partial charge in [-0.3, -0.25) is 14.4 Å². The highest BCUT2D eigenvalue weighted by molar-refractivity contribution is 7.92. The van der Waals surface area contributed by atoms with E-state index in [1.807, 2.05) is 6.92 Å². The van der Waals surface area contributed by atoms with Crippen LogP contribution in [0.5, 0.6) is 11.5 Å². The van der Waals surface area contributed by atoms with Gasteiger partial charge < -0.3 is 15.2 Å².